The van der Waals surface area contributed by atoms with Gasteiger partial charge in [-0.2, -0.15) is 0 Å². The Bertz CT molecular complexity index is 164. The minimum absolute atomic E-state index is 0.0567. The molecular weight excluding hydrogens is 176 g/mol. The van der Waals surface area contributed by atoms with Crippen LogP contribution in [0.5, 0.6) is 0 Å². The van der Waals surface area contributed by atoms with Crippen molar-refractivity contribution < 1.29 is 9.53 Å². The highest BCUT2D eigenvalue weighted by Crippen LogP contribution is 2.17. The zero-order valence-corrected chi connectivity index (χ0v) is 10.2. The standard InChI is InChI=1S/C12H24O2/c1-6-12(13)14-11(5)10(4)8-7-9(2)3/h9-11H,6-8H2,1-5H3. The van der Waals surface area contributed by atoms with Crippen molar-refractivity contribution in [3.8, 4) is 0 Å². The molecule has 0 aromatic carbocycles. The van der Waals surface area contributed by atoms with Crippen molar-refractivity contribution in [2.75, 3.05) is 0 Å². The van der Waals surface area contributed by atoms with Crippen LogP contribution in [-0.2, 0) is 9.53 Å². The highest BCUT2D eigenvalue weighted by atomic mass is 16.5. The molecule has 0 aliphatic carbocycles. The fourth-order valence-electron chi connectivity index (χ4n) is 1.24. The fourth-order valence-corrected chi connectivity index (χ4v) is 1.24. The first-order chi connectivity index (χ1) is 6.47. The van der Waals surface area contributed by atoms with Crippen molar-refractivity contribution in [3.63, 3.8) is 0 Å². The molecule has 0 rings (SSSR count). The van der Waals surface area contributed by atoms with Gasteiger partial charge in [-0.05, 0) is 25.2 Å². The molecule has 14 heavy (non-hydrogen) atoms. The minimum Gasteiger partial charge on any atom is -0.462 e. The van der Waals surface area contributed by atoms with Crippen molar-refractivity contribution in [1.82, 2.24) is 0 Å². The molecule has 0 spiro atoms. The Morgan fingerprint density at radius 3 is 2.14 bits per heavy atom. The van der Waals surface area contributed by atoms with Gasteiger partial charge in [0.25, 0.3) is 0 Å². The van der Waals surface area contributed by atoms with Crippen LogP contribution in [0.4, 0.5) is 0 Å². The monoisotopic (exact) mass is 200 g/mol. The van der Waals surface area contributed by atoms with Gasteiger partial charge in [0, 0.05) is 6.42 Å². The van der Waals surface area contributed by atoms with E-state index in [0.717, 1.165) is 12.3 Å². The SMILES string of the molecule is CCC(=O)OC(C)C(C)CCC(C)C. The number of esters is 1. The summed E-state index contributed by atoms with van der Waals surface area (Å²) in [5.74, 6) is 1.10. The summed E-state index contributed by atoms with van der Waals surface area (Å²) >= 11 is 0. The first-order valence-electron chi connectivity index (χ1n) is 5.66. The molecule has 84 valence electrons. The van der Waals surface area contributed by atoms with E-state index in [4.69, 9.17) is 4.74 Å². The van der Waals surface area contributed by atoms with Crippen LogP contribution in [0.3, 0.4) is 0 Å². The molecule has 0 aromatic rings. The quantitative estimate of drug-likeness (QED) is 0.614. The lowest BCUT2D eigenvalue weighted by Crippen LogP contribution is -2.22. The van der Waals surface area contributed by atoms with Crippen LogP contribution in [-0.4, -0.2) is 12.1 Å². The Balaban J connectivity index is 3.75. The molecule has 0 N–H and O–H groups in total. The van der Waals surface area contributed by atoms with Gasteiger partial charge in [-0.3, -0.25) is 4.79 Å². The van der Waals surface area contributed by atoms with Gasteiger partial charge >= 0.3 is 5.97 Å². The number of carbonyl (C=O) groups excluding carboxylic acids is 1. The third-order valence-corrected chi connectivity index (χ3v) is 2.61. The molecule has 0 aromatic heterocycles. The Morgan fingerprint density at radius 2 is 1.71 bits per heavy atom. The Labute approximate surface area is 88.0 Å². The second kappa shape index (κ2) is 6.86. The summed E-state index contributed by atoms with van der Waals surface area (Å²) in [6, 6.07) is 0. The van der Waals surface area contributed by atoms with Gasteiger partial charge in [-0.25, -0.2) is 0 Å². The highest BCUT2D eigenvalue weighted by molar-refractivity contribution is 5.69. The summed E-state index contributed by atoms with van der Waals surface area (Å²) in [5.41, 5.74) is 0. The molecule has 0 heterocycles. The van der Waals surface area contributed by atoms with Crippen LogP contribution in [0.2, 0.25) is 0 Å². The van der Waals surface area contributed by atoms with E-state index in [1.807, 2.05) is 13.8 Å². The van der Waals surface area contributed by atoms with E-state index < -0.39 is 0 Å². The van der Waals surface area contributed by atoms with E-state index in [0.29, 0.717) is 12.3 Å². The van der Waals surface area contributed by atoms with Gasteiger partial charge < -0.3 is 4.74 Å². The fraction of sp³-hybridized carbons (Fsp3) is 0.917. The highest BCUT2D eigenvalue weighted by Gasteiger charge is 2.15. The molecule has 0 bridgehead atoms. The summed E-state index contributed by atoms with van der Waals surface area (Å²) in [7, 11) is 0. The molecule has 0 aliphatic heterocycles. The van der Waals surface area contributed by atoms with Gasteiger partial charge in [0.15, 0.2) is 0 Å². The van der Waals surface area contributed by atoms with Crippen LogP contribution in [0.1, 0.15) is 53.9 Å². The average Bonchev–Trinajstić information content (AvgIpc) is 2.13. The zero-order valence-electron chi connectivity index (χ0n) is 10.2. The normalized spacial score (nSPS) is 15.3. The second-order valence-corrected chi connectivity index (χ2v) is 4.50. The molecule has 0 aliphatic rings. The third-order valence-electron chi connectivity index (χ3n) is 2.61. The Kier molecular flexibility index (Phi) is 6.60. The van der Waals surface area contributed by atoms with E-state index in [2.05, 4.69) is 20.8 Å². The summed E-state index contributed by atoms with van der Waals surface area (Å²) in [6.45, 7) is 10.4. The molecular formula is C12H24O2. The van der Waals surface area contributed by atoms with Gasteiger partial charge in [-0.15, -0.1) is 0 Å². The molecule has 0 radical (unpaired) electrons. The molecule has 0 fully saturated rings. The molecule has 2 heteroatoms. The summed E-state index contributed by atoms with van der Waals surface area (Å²) in [6.07, 6.45) is 2.87. The third kappa shape index (κ3) is 6.01. The maximum absolute atomic E-state index is 11.0. The molecule has 0 saturated heterocycles. The maximum atomic E-state index is 11.0. The number of ether oxygens (including phenoxy) is 1. The van der Waals surface area contributed by atoms with Crippen molar-refractivity contribution in [3.05, 3.63) is 0 Å². The van der Waals surface area contributed by atoms with Crippen LogP contribution in [0.25, 0.3) is 0 Å². The topological polar surface area (TPSA) is 26.3 Å². The molecule has 0 amide bonds. The predicted octanol–water partition coefficient (Wildman–Crippen LogP) is 3.40. The summed E-state index contributed by atoms with van der Waals surface area (Å²) < 4.78 is 5.25. The van der Waals surface area contributed by atoms with E-state index in [1.54, 1.807) is 0 Å². The molecule has 2 atom stereocenters. The smallest absolute Gasteiger partial charge is 0.305 e. The van der Waals surface area contributed by atoms with Gasteiger partial charge in [0.2, 0.25) is 0 Å². The first-order valence-corrected chi connectivity index (χ1v) is 5.66. The summed E-state index contributed by atoms with van der Waals surface area (Å²) in [5, 5.41) is 0. The van der Waals surface area contributed by atoms with Gasteiger partial charge in [-0.1, -0.05) is 34.1 Å². The van der Waals surface area contributed by atoms with Crippen molar-refractivity contribution in [2.24, 2.45) is 11.8 Å². The lowest BCUT2D eigenvalue weighted by atomic mass is 9.95. The van der Waals surface area contributed by atoms with Crippen LogP contribution < -0.4 is 0 Å². The lowest BCUT2D eigenvalue weighted by molar-refractivity contribution is -0.150. The largest absolute Gasteiger partial charge is 0.462 e. The van der Waals surface area contributed by atoms with E-state index in [1.165, 1.54) is 6.42 Å². The molecule has 0 saturated carbocycles. The summed E-state index contributed by atoms with van der Waals surface area (Å²) in [4.78, 5) is 11.0. The van der Waals surface area contributed by atoms with Crippen molar-refractivity contribution in [1.29, 1.82) is 0 Å². The average molecular weight is 200 g/mol. The second-order valence-electron chi connectivity index (χ2n) is 4.50. The lowest BCUT2D eigenvalue weighted by Gasteiger charge is -2.20. The molecule has 2 unspecified atom stereocenters. The molecule has 2 nitrogen and oxygen atoms in total. The number of hydrogen-bond donors (Lipinski definition) is 0. The Morgan fingerprint density at radius 1 is 1.14 bits per heavy atom. The first kappa shape index (κ1) is 13.5. The number of carbonyl (C=O) groups is 1. The van der Waals surface area contributed by atoms with Crippen LogP contribution in [0.15, 0.2) is 0 Å². The van der Waals surface area contributed by atoms with E-state index in [9.17, 15) is 4.79 Å². The van der Waals surface area contributed by atoms with E-state index in [-0.39, 0.29) is 12.1 Å². The van der Waals surface area contributed by atoms with Gasteiger partial charge in [0.1, 0.15) is 6.10 Å². The van der Waals surface area contributed by atoms with Crippen LogP contribution >= 0.6 is 0 Å². The zero-order chi connectivity index (χ0) is 11.1. The maximum Gasteiger partial charge on any atom is 0.305 e. The number of rotatable bonds is 6. The van der Waals surface area contributed by atoms with Crippen LogP contribution in [0, 0.1) is 11.8 Å². The minimum atomic E-state index is -0.0890. The Hall–Kier alpha value is -0.530. The van der Waals surface area contributed by atoms with Crippen molar-refractivity contribution in [2.45, 2.75) is 60.0 Å². The van der Waals surface area contributed by atoms with Crippen molar-refractivity contribution >= 4 is 5.97 Å². The van der Waals surface area contributed by atoms with Gasteiger partial charge in [0.05, 0.1) is 0 Å². The predicted molar refractivity (Wildman–Crippen MR) is 59.1 cm³/mol. The van der Waals surface area contributed by atoms with E-state index >= 15 is 0 Å². The number of hydrogen-bond acceptors (Lipinski definition) is 2.